The quantitative estimate of drug-likeness (QED) is 0.567. The van der Waals surface area contributed by atoms with Crippen LogP contribution in [0.5, 0.6) is 5.75 Å². The van der Waals surface area contributed by atoms with E-state index in [4.69, 9.17) is 4.42 Å². The summed E-state index contributed by atoms with van der Waals surface area (Å²) in [4.78, 5) is 4.50. The number of nitrogens with zero attached hydrogens (tertiary/aromatic N) is 1. The van der Waals surface area contributed by atoms with Gasteiger partial charge in [0.2, 0.25) is 5.89 Å². The van der Waals surface area contributed by atoms with Crippen molar-refractivity contribution in [3.05, 3.63) is 78.4 Å². The number of anilines is 1. The second-order valence-corrected chi connectivity index (χ2v) is 5.58. The van der Waals surface area contributed by atoms with E-state index in [-0.39, 0.29) is 5.75 Å². The van der Waals surface area contributed by atoms with E-state index in [9.17, 15) is 5.11 Å². The van der Waals surface area contributed by atoms with Gasteiger partial charge in [-0.15, -0.1) is 0 Å². The number of phenols is 1. The zero-order valence-electron chi connectivity index (χ0n) is 12.9. The molecule has 118 valence electrons. The van der Waals surface area contributed by atoms with Crippen LogP contribution in [-0.4, -0.2) is 10.1 Å². The van der Waals surface area contributed by atoms with Crippen molar-refractivity contribution in [3.8, 4) is 17.2 Å². The fourth-order valence-corrected chi connectivity index (χ4v) is 2.54. The Kier molecular flexibility index (Phi) is 3.63. The Bertz CT molecular complexity index is 924. The standard InChI is InChI=1S/C20H16N2O2/c23-17-11-5-14(6-12-17)13-21-16-9-7-15(8-10-16)20-22-18-3-1-2-4-19(18)24-20/h1-12,21,23H,13H2. The van der Waals surface area contributed by atoms with E-state index >= 15 is 0 Å². The van der Waals surface area contributed by atoms with Gasteiger partial charge in [0, 0.05) is 17.8 Å². The van der Waals surface area contributed by atoms with Crippen molar-refractivity contribution >= 4 is 16.8 Å². The van der Waals surface area contributed by atoms with Gasteiger partial charge in [0.25, 0.3) is 0 Å². The number of oxazole rings is 1. The molecule has 4 aromatic rings. The van der Waals surface area contributed by atoms with Gasteiger partial charge in [0.15, 0.2) is 5.58 Å². The summed E-state index contributed by atoms with van der Waals surface area (Å²) in [5.74, 6) is 0.905. The predicted molar refractivity (Wildman–Crippen MR) is 94.9 cm³/mol. The first-order chi connectivity index (χ1) is 11.8. The molecule has 4 heteroatoms. The van der Waals surface area contributed by atoms with Crippen LogP contribution in [0.1, 0.15) is 5.56 Å². The van der Waals surface area contributed by atoms with Crippen LogP contribution in [0.3, 0.4) is 0 Å². The van der Waals surface area contributed by atoms with Gasteiger partial charge in [-0.05, 0) is 54.1 Å². The van der Waals surface area contributed by atoms with E-state index < -0.39 is 0 Å². The Morgan fingerprint density at radius 2 is 1.62 bits per heavy atom. The van der Waals surface area contributed by atoms with E-state index in [1.807, 2.05) is 60.7 Å². The molecule has 0 radical (unpaired) electrons. The smallest absolute Gasteiger partial charge is 0.227 e. The zero-order valence-corrected chi connectivity index (χ0v) is 12.9. The third-order valence-electron chi connectivity index (χ3n) is 3.86. The summed E-state index contributed by atoms with van der Waals surface area (Å²) in [5, 5.41) is 12.7. The number of rotatable bonds is 4. The Balaban J connectivity index is 1.48. The van der Waals surface area contributed by atoms with Crippen LogP contribution >= 0.6 is 0 Å². The third kappa shape index (κ3) is 2.94. The molecule has 0 spiro atoms. The molecule has 1 heterocycles. The molecule has 0 aliphatic heterocycles. The Labute approximate surface area is 139 Å². The first kappa shape index (κ1) is 14.3. The molecule has 3 aromatic carbocycles. The first-order valence-electron chi connectivity index (χ1n) is 7.76. The molecule has 0 aliphatic carbocycles. The molecule has 0 fully saturated rings. The number of aromatic hydroxyl groups is 1. The zero-order chi connectivity index (χ0) is 16.4. The summed E-state index contributed by atoms with van der Waals surface area (Å²) in [5.41, 5.74) is 4.73. The lowest BCUT2D eigenvalue weighted by atomic mass is 10.2. The second-order valence-electron chi connectivity index (χ2n) is 5.58. The maximum absolute atomic E-state index is 9.30. The minimum Gasteiger partial charge on any atom is -0.508 e. The van der Waals surface area contributed by atoms with E-state index in [1.165, 1.54) is 0 Å². The summed E-state index contributed by atoms with van der Waals surface area (Å²) in [6.07, 6.45) is 0. The van der Waals surface area contributed by atoms with Crippen molar-refractivity contribution in [2.24, 2.45) is 0 Å². The van der Waals surface area contributed by atoms with Gasteiger partial charge < -0.3 is 14.8 Å². The lowest BCUT2D eigenvalue weighted by Crippen LogP contribution is -1.98. The highest BCUT2D eigenvalue weighted by molar-refractivity contribution is 5.76. The molecule has 4 rings (SSSR count). The molecule has 0 unspecified atom stereocenters. The van der Waals surface area contributed by atoms with Crippen LogP contribution in [-0.2, 0) is 6.54 Å². The van der Waals surface area contributed by atoms with Crippen LogP contribution < -0.4 is 5.32 Å². The van der Waals surface area contributed by atoms with E-state index in [0.29, 0.717) is 12.4 Å². The number of fused-ring (bicyclic) bond motifs is 1. The third-order valence-corrected chi connectivity index (χ3v) is 3.86. The molecule has 4 nitrogen and oxygen atoms in total. The molecule has 0 saturated carbocycles. The number of aromatic nitrogens is 1. The number of nitrogens with one attached hydrogen (secondary N) is 1. The van der Waals surface area contributed by atoms with Crippen molar-refractivity contribution in [1.82, 2.24) is 4.98 Å². The molecule has 0 bridgehead atoms. The predicted octanol–water partition coefficient (Wildman–Crippen LogP) is 4.81. The van der Waals surface area contributed by atoms with E-state index in [1.54, 1.807) is 12.1 Å². The van der Waals surface area contributed by atoms with Gasteiger partial charge in [0.1, 0.15) is 11.3 Å². The summed E-state index contributed by atoms with van der Waals surface area (Å²) >= 11 is 0. The lowest BCUT2D eigenvalue weighted by Gasteiger charge is -2.07. The van der Waals surface area contributed by atoms with Crippen molar-refractivity contribution in [3.63, 3.8) is 0 Å². The minimum absolute atomic E-state index is 0.279. The molecular weight excluding hydrogens is 300 g/mol. The molecule has 0 amide bonds. The van der Waals surface area contributed by atoms with Gasteiger partial charge in [-0.2, -0.15) is 0 Å². The summed E-state index contributed by atoms with van der Waals surface area (Å²) in [6, 6.07) is 22.9. The fourth-order valence-electron chi connectivity index (χ4n) is 2.54. The summed E-state index contributed by atoms with van der Waals surface area (Å²) < 4.78 is 5.78. The molecule has 0 atom stereocenters. The SMILES string of the molecule is Oc1ccc(CNc2ccc(-c3nc4ccccc4o3)cc2)cc1. The normalized spacial score (nSPS) is 10.8. The maximum Gasteiger partial charge on any atom is 0.227 e. The van der Waals surface area contributed by atoms with E-state index in [2.05, 4.69) is 10.3 Å². The maximum atomic E-state index is 9.30. The first-order valence-corrected chi connectivity index (χ1v) is 7.76. The highest BCUT2D eigenvalue weighted by Crippen LogP contribution is 2.25. The van der Waals surface area contributed by atoms with E-state index in [0.717, 1.165) is 27.9 Å². The number of hydrogen-bond acceptors (Lipinski definition) is 4. The van der Waals surface area contributed by atoms with Gasteiger partial charge in [-0.1, -0.05) is 24.3 Å². The molecule has 2 N–H and O–H groups in total. The van der Waals surface area contributed by atoms with Crippen molar-refractivity contribution in [2.45, 2.75) is 6.54 Å². The van der Waals surface area contributed by atoms with Crippen LogP contribution in [0, 0.1) is 0 Å². The second kappa shape index (κ2) is 6.08. The molecule has 0 aliphatic rings. The van der Waals surface area contributed by atoms with Crippen LogP contribution in [0.15, 0.2) is 77.2 Å². The van der Waals surface area contributed by atoms with Gasteiger partial charge in [0.05, 0.1) is 0 Å². The average Bonchev–Trinajstić information content (AvgIpc) is 3.06. The minimum atomic E-state index is 0.279. The molecule has 24 heavy (non-hydrogen) atoms. The number of phenolic OH excluding ortho intramolecular Hbond substituents is 1. The molecule has 0 saturated heterocycles. The number of benzene rings is 3. The largest absolute Gasteiger partial charge is 0.508 e. The Morgan fingerprint density at radius 1 is 0.875 bits per heavy atom. The topological polar surface area (TPSA) is 58.3 Å². The van der Waals surface area contributed by atoms with Gasteiger partial charge in [-0.3, -0.25) is 0 Å². The highest BCUT2D eigenvalue weighted by atomic mass is 16.3. The fraction of sp³-hybridized carbons (Fsp3) is 0.0500. The lowest BCUT2D eigenvalue weighted by molar-refractivity contribution is 0.475. The monoisotopic (exact) mass is 316 g/mol. The number of para-hydroxylation sites is 2. The van der Waals surface area contributed by atoms with Crippen molar-refractivity contribution < 1.29 is 9.52 Å². The Morgan fingerprint density at radius 3 is 2.38 bits per heavy atom. The van der Waals surface area contributed by atoms with Gasteiger partial charge in [-0.25, -0.2) is 4.98 Å². The summed E-state index contributed by atoms with van der Waals surface area (Å²) in [6.45, 7) is 0.697. The van der Waals surface area contributed by atoms with Crippen molar-refractivity contribution in [1.29, 1.82) is 0 Å². The number of hydrogen-bond donors (Lipinski definition) is 2. The van der Waals surface area contributed by atoms with Crippen molar-refractivity contribution in [2.75, 3.05) is 5.32 Å². The average molecular weight is 316 g/mol. The van der Waals surface area contributed by atoms with Crippen LogP contribution in [0.4, 0.5) is 5.69 Å². The Hall–Kier alpha value is -3.27. The van der Waals surface area contributed by atoms with Gasteiger partial charge >= 0.3 is 0 Å². The summed E-state index contributed by atoms with van der Waals surface area (Å²) in [7, 11) is 0. The molecular formula is C20H16N2O2. The highest BCUT2D eigenvalue weighted by Gasteiger charge is 2.07. The molecule has 1 aromatic heterocycles. The van der Waals surface area contributed by atoms with Crippen LogP contribution in [0.2, 0.25) is 0 Å². The van der Waals surface area contributed by atoms with Crippen LogP contribution in [0.25, 0.3) is 22.6 Å².